The highest BCUT2D eigenvalue weighted by molar-refractivity contribution is 5.87. The summed E-state index contributed by atoms with van der Waals surface area (Å²) in [5.41, 5.74) is 7.04. The fourth-order valence-electron chi connectivity index (χ4n) is 2.62. The lowest BCUT2D eigenvalue weighted by atomic mass is 9.92. The Morgan fingerprint density at radius 2 is 1.95 bits per heavy atom. The zero-order valence-corrected chi connectivity index (χ0v) is 13.5. The first-order valence-electron chi connectivity index (χ1n) is 7.23. The molecule has 0 radical (unpaired) electrons. The van der Waals surface area contributed by atoms with Crippen molar-refractivity contribution >= 4 is 5.84 Å². The summed E-state index contributed by atoms with van der Waals surface area (Å²) >= 11 is 0. The van der Waals surface area contributed by atoms with Crippen molar-refractivity contribution < 1.29 is 5.21 Å². The summed E-state index contributed by atoms with van der Waals surface area (Å²) in [4.78, 5) is 2.18. The molecule has 1 atom stereocenters. The number of amidine groups is 1. The van der Waals surface area contributed by atoms with Crippen LogP contribution in [0.3, 0.4) is 0 Å². The number of oxime groups is 1. The van der Waals surface area contributed by atoms with E-state index in [-0.39, 0.29) is 17.2 Å². The summed E-state index contributed by atoms with van der Waals surface area (Å²) in [6.45, 7) is 6.96. The van der Waals surface area contributed by atoms with E-state index in [1.54, 1.807) is 0 Å². The molecule has 0 fully saturated rings. The van der Waals surface area contributed by atoms with E-state index in [0.29, 0.717) is 6.54 Å². The van der Waals surface area contributed by atoms with Crippen molar-refractivity contribution in [1.82, 2.24) is 10.2 Å². The number of hydrogen-bond acceptors (Lipinski definition) is 4. The summed E-state index contributed by atoms with van der Waals surface area (Å²) in [5.74, 6) is 0.116. The van der Waals surface area contributed by atoms with E-state index in [1.807, 2.05) is 30.3 Å². The minimum atomic E-state index is -0.119. The molecule has 1 aromatic carbocycles. The van der Waals surface area contributed by atoms with E-state index in [9.17, 15) is 0 Å². The van der Waals surface area contributed by atoms with Crippen LogP contribution >= 0.6 is 0 Å². The van der Waals surface area contributed by atoms with Crippen LogP contribution in [0, 0.1) is 5.41 Å². The van der Waals surface area contributed by atoms with Crippen molar-refractivity contribution in [3.05, 3.63) is 35.9 Å². The largest absolute Gasteiger partial charge is 0.409 e. The van der Waals surface area contributed by atoms with Crippen molar-refractivity contribution in [2.75, 3.05) is 33.7 Å². The number of nitrogens with one attached hydrogen (secondary N) is 1. The highest BCUT2D eigenvalue weighted by Gasteiger charge is 2.21. The summed E-state index contributed by atoms with van der Waals surface area (Å²) < 4.78 is 0. The highest BCUT2D eigenvalue weighted by atomic mass is 16.4. The maximum Gasteiger partial charge on any atom is 0.147 e. The molecular formula is C16H28N4O. The van der Waals surface area contributed by atoms with Gasteiger partial charge in [-0.2, -0.15) is 0 Å². The van der Waals surface area contributed by atoms with Gasteiger partial charge in [0.25, 0.3) is 0 Å². The molecule has 0 aliphatic rings. The number of hydrogen-bond donors (Lipinski definition) is 3. The highest BCUT2D eigenvalue weighted by Crippen LogP contribution is 2.17. The van der Waals surface area contributed by atoms with E-state index in [4.69, 9.17) is 10.9 Å². The van der Waals surface area contributed by atoms with Crippen LogP contribution in [-0.4, -0.2) is 49.7 Å². The van der Waals surface area contributed by atoms with Crippen molar-refractivity contribution in [3.63, 3.8) is 0 Å². The smallest absolute Gasteiger partial charge is 0.147 e. The van der Waals surface area contributed by atoms with E-state index >= 15 is 0 Å². The van der Waals surface area contributed by atoms with Gasteiger partial charge < -0.3 is 21.2 Å². The topological polar surface area (TPSA) is 73.9 Å². The summed E-state index contributed by atoms with van der Waals surface area (Å²) in [6, 6.07) is 9.87. The predicted octanol–water partition coefficient (Wildman–Crippen LogP) is 1.69. The molecule has 0 saturated heterocycles. The first-order chi connectivity index (χ1) is 9.85. The molecule has 0 aliphatic heterocycles. The first kappa shape index (κ1) is 17.5. The van der Waals surface area contributed by atoms with Crippen molar-refractivity contribution in [2.24, 2.45) is 16.3 Å². The quantitative estimate of drug-likeness (QED) is 0.295. The van der Waals surface area contributed by atoms with Gasteiger partial charge in [0.2, 0.25) is 0 Å². The van der Waals surface area contributed by atoms with Gasteiger partial charge in [-0.15, -0.1) is 0 Å². The number of nitrogens with zero attached hydrogens (tertiary/aromatic N) is 2. The third kappa shape index (κ3) is 6.14. The van der Waals surface area contributed by atoms with E-state index in [1.165, 1.54) is 0 Å². The molecule has 5 heteroatoms. The molecule has 0 saturated carbocycles. The van der Waals surface area contributed by atoms with E-state index in [0.717, 1.165) is 18.7 Å². The molecule has 1 rings (SSSR count). The monoisotopic (exact) mass is 292 g/mol. The van der Waals surface area contributed by atoms with Gasteiger partial charge in [-0.25, -0.2) is 0 Å². The van der Waals surface area contributed by atoms with Gasteiger partial charge in [0.1, 0.15) is 5.84 Å². The van der Waals surface area contributed by atoms with Crippen molar-refractivity contribution in [3.8, 4) is 0 Å². The van der Waals surface area contributed by atoms with Crippen LogP contribution in [0.1, 0.15) is 25.3 Å². The molecule has 4 N–H and O–H groups in total. The summed E-state index contributed by atoms with van der Waals surface area (Å²) in [6.07, 6.45) is 0. The molecule has 1 unspecified atom stereocenters. The van der Waals surface area contributed by atoms with Gasteiger partial charge >= 0.3 is 0 Å². The molecule has 0 aliphatic carbocycles. The normalized spacial score (nSPS) is 14.4. The summed E-state index contributed by atoms with van der Waals surface area (Å²) in [7, 11) is 4.15. The van der Waals surface area contributed by atoms with Gasteiger partial charge in [-0.1, -0.05) is 49.3 Å². The Bertz CT molecular complexity index is 443. The molecule has 118 valence electrons. The lowest BCUT2D eigenvalue weighted by Crippen LogP contribution is -2.40. The third-order valence-corrected chi connectivity index (χ3v) is 3.37. The second kappa shape index (κ2) is 8.00. The fourth-order valence-corrected chi connectivity index (χ4v) is 2.62. The van der Waals surface area contributed by atoms with Crippen LogP contribution in [0.15, 0.2) is 35.5 Å². The molecule has 21 heavy (non-hydrogen) atoms. The Hall–Kier alpha value is -1.59. The average Bonchev–Trinajstić information content (AvgIpc) is 2.42. The Morgan fingerprint density at radius 1 is 1.33 bits per heavy atom. The number of nitrogens with two attached hydrogens (primary N) is 1. The Balaban J connectivity index is 2.64. The predicted molar refractivity (Wildman–Crippen MR) is 87.8 cm³/mol. The molecule has 0 amide bonds. The minimum Gasteiger partial charge on any atom is -0.409 e. The van der Waals surface area contributed by atoms with Gasteiger partial charge in [0.05, 0.1) is 5.92 Å². The molecule has 0 bridgehead atoms. The molecule has 0 spiro atoms. The van der Waals surface area contributed by atoms with Crippen LogP contribution in [0.25, 0.3) is 0 Å². The van der Waals surface area contributed by atoms with Crippen LogP contribution in [-0.2, 0) is 0 Å². The molecule has 1 aromatic rings. The van der Waals surface area contributed by atoms with Crippen LogP contribution in [0.2, 0.25) is 0 Å². The lowest BCUT2D eigenvalue weighted by Gasteiger charge is -2.29. The molecular weight excluding hydrogens is 264 g/mol. The Labute approximate surface area is 127 Å². The van der Waals surface area contributed by atoms with Crippen LogP contribution in [0.4, 0.5) is 0 Å². The van der Waals surface area contributed by atoms with Gasteiger partial charge in [0.15, 0.2) is 0 Å². The maximum absolute atomic E-state index is 8.97. The SMILES string of the molecule is CN(C)CC(C)(C)CNCC(C(N)=NO)c1ccccc1. The molecule has 0 aromatic heterocycles. The molecule has 5 nitrogen and oxygen atoms in total. The second-order valence-corrected chi connectivity index (χ2v) is 6.52. The fraction of sp³-hybridized carbons (Fsp3) is 0.562. The van der Waals surface area contributed by atoms with Gasteiger partial charge in [0, 0.05) is 19.6 Å². The minimum absolute atomic E-state index is 0.119. The van der Waals surface area contributed by atoms with Crippen molar-refractivity contribution in [1.29, 1.82) is 0 Å². The zero-order chi connectivity index (χ0) is 15.9. The van der Waals surface area contributed by atoms with Crippen LogP contribution in [0.5, 0.6) is 0 Å². The lowest BCUT2D eigenvalue weighted by molar-refractivity contribution is 0.232. The molecule has 0 heterocycles. The maximum atomic E-state index is 8.97. The standard InChI is InChI=1S/C16H28N4O/c1-16(2,12-20(3)4)11-18-10-14(15(17)19-21)13-8-6-5-7-9-13/h5-9,14,18,21H,10-12H2,1-4H3,(H2,17,19). The second-order valence-electron chi connectivity index (χ2n) is 6.52. The van der Waals surface area contributed by atoms with E-state index < -0.39 is 0 Å². The Morgan fingerprint density at radius 3 is 2.48 bits per heavy atom. The van der Waals surface area contributed by atoms with Crippen LogP contribution < -0.4 is 11.1 Å². The zero-order valence-electron chi connectivity index (χ0n) is 13.5. The summed E-state index contributed by atoms with van der Waals surface area (Å²) in [5, 5.41) is 15.6. The number of benzene rings is 1. The van der Waals surface area contributed by atoms with E-state index in [2.05, 4.69) is 43.3 Å². The number of rotatable bonds is 8. The average molecular weight is 292 g/mol. The first-order valence-corrected chi connectivity index (χ1v) is 7.23. The van der Waals surface area contributed by atoms with Gasteiger partial charge in [-0.3, -0.25) is 0 Å². The van der Waals surface area contributed by atoms with Gasteiger partial charge in [-0.05, 0) is 25.1 Å². The van der Waals surface area contributed by atoms with Crippen molar-refractivity contribution in [2.45, 2.75) is 19.8 Å². The third-order valence-electron chi connectivity index (χ3n) is 3.37. The Kier molecular flexibility index (Phi) is 6.65.